The molecule has 0 amide bonds. The van der Waals surface area contributed by atoms with Crippen molar-refractivity contribution < 1.29 is 0 Å². The lowest BCUT2D eigenvalue weighted by molar-refractivity contribution is 0.810. The Morgan fingerprint density at radius 1 is 0.391 bits per heavy atom. The van der Waals surface area contributed by atoms with Crippen LogP contribution in [0, 0.1) is 0 Å². The Kier molecular flexibility index (Phi) is 8.11. The van der Waals surface area contributed by atoms with Crippen molar-refractivity contribution in [2.24, 2.45) is 0 Å². The summed E-state index contributed by atoms with van der Waals surface area (Å²) in [5, 5.41) is 6.71. The van der Waals surface area contributed by atoms with Crippen molar-refractivity contribution in [2.75, 3.05) is 0 Å². The number of aryl methyl sites for hydroxylation is 1. The second-order valence-corrected chi connectivity index (χ2v) is 18.6. The van der Waals surface area contributed by atoms with Crippen LogP contribution in [0.25, 0.3) is 94.6 Å². The average Bonchev–Trinajstić information content (AvgIpc) is 4.10. The highest BCUT2D eigenvalue weighted by Gasteiger charge is 2.34. The second-order valence-electron chi connectivity index (χ2n) is 18.6. The highest BCUT2D eigenvalue weighted by atomic mass is 15.1. The molecule has 8 aromatic rings. The zero-order valence-electron chi connectivity index (χ0n) is 36.3. The first-order chi connectivity index (χ1) is 31.8. The summed E-state index contributed by atoms with van der Waals surface area (Å²) in [4.78, 5) is 0. The predicted octanol–water partition coefficient (Wildman–Crippen LogP) is 15.6. The van der Waals surface area contributed by atoms with E-state index in [1.165, 1.54) is 122 Å². The fourth-order valence-electron chi connectivity index (χ4n) is 12.5. The highest BCUT2D eigenvalue weighted by Crippen LogP contribution is 2.49. The maximum absolute atomic E-state index is 2.67. The lowest BCUT2D eigenvalue weighted by Gasteiger charge is -2.25. The number of para-hydroxylation sites is 3. The quantitative estimate of drug-likeness (QED) is 0.165. The van der Waals surface area contributed by atoms with Crippen LogP contribution in [0.15, 0.2) is 163 Å². The van der Waals surface area contributed by atoms with Gasteiger partial charge in [-0.1, -0.05) is 109 Å². The van der Waals surface area contributed by atoms with Crippen LogP contribution in [0.5, 0.6) is 0 Å². The minimum Gasteiger partial charge on any atom is -0.317 e. The Morgan fingerprint density at radius 2 is 1.02 bits per heavy atom. The summed E-state index contributed by atoms with van der Waals surface area (Å²) in [7, 11) is 0. The van der Waals surface area contributed by atoms with Gasteiger partial charge in [0.1, 0.15) is 0 Å². The number of benzene rings is 4. The van der Waals surface area contributed by atoms with Gasteiger partial charge in [0.2, 0.25) is 0 Å². The van der Waals surface area contributed by atoms with Gasteiger partial charge >= 0.3 is 0 Å². The first-order valence-electron chi connectivity index (χ1n) is 23.9. The third kappa shape index (κ3) is 5.23. The SMILES string of the molecule is C1=CC(n2c3c(c4c2CCc2c-4n(C4=CC=C(C5=CC=C(n6c7ccccc7c7c6ccc6c8ccccc8n(C8=CCCC=C8)c67)CC5)CC4)c4ccccc24)C=CCC3)=CCC1. The molecule has 4 nitrogen and oxygen atoms in total. The third-order valence-electron chi connectivity index (χ3n) is 15.2. The van der Waals surface area contributed by atoms with Crippen molar-refractivity contribution in [1.29, 1.82) is 0 Å². The number of nitrogens with zero attached hydrogens (tertiary/aromatic N) is 4. The van der Waals surface area contributed by atoms with Gasteiger partial charge in [0, 0.05) is 72.2 Å². The lowest BCUT2D eigenvalue weighted by Crippen LogP contribution is -2.12. The number of fused-ring (bicyclic) bond motifs is 14. The number of hydrogen-bond acceptors (Lipinski definition) is 0. The van der Waals surface area contributed by atoms with Crippen LogP contribution in [0.4, 0.5) is 0 Å². The van der Waals surface area contributed by atoms with Crippen LogP contribution in [0.3, 0.4) is 0 Å². The van der Waals surface area contributed by atoms with E-state index >= 15 is 0 Å². The summed E-state index contributed by atoms with van der Waals surface area (Å²) in [6.45, 7) is 0. The Morgan fingerprint density at radius 3 is 1.70 bits per heavy atom. The second kappa shape index (κ2) is 14.2. The van der Waals surface area contributed by atoms with E-state index in [4.69, 9.17) is 0 Å². The van der Waals surface area contributed by atoms with Gasteiger partial charge in [-0.3, -0.25) is 0 Å². The summed E-state index contributed by atoms with van der Waals surface area (Å²) >= 11 is 0. The standard InChI is InChI=1S/C60H50N4/c1-3-15-41(16-4-1)61-53-25-13-9-21-49(53)57-55(61)37-35-48-46-20-8-12-24-52(46)64(60(48)57)44-33-29-40(30-34-44)39-27-31-43(32-28-39)62-54-26-14-10-22-50(54)58-56(62)38-36-47-45-19-7-11-23-51(45)63(59(47)58)42-17-5-2-6-18-42/h3,5,7-12,14-24,26-27,29,31,33,36,38H,1-2,4,6,13,25,28,30,32,34-35,37H2. The van der Waals surface area contributed by atoms with E-state index in [-0.39, 0.29) is 0 Å². The smallest absolute Gasteiger partial charge is 0.0641 e. The van der Waals surface area contributed by atoms with Crippen molar-refractivity contribution in [1.82, 2.24) is 18.3 Å². The van der Waals surface area contributed by atoms with Crippen LogP contribution < -0.4 is 0 Å². The van der Waals surface area contributed by atoms with Crippen molar-refractivity contribution >= 4 is 83.4 Å². The molecular formula is C60H50N4. The first kappa shape index (κ1) is 36.4. The maximum atomic E-state index is 2.67. The van der Waals surface area contributed by atoms with Crippen LogP contribution >= 0.6 is 0 Å². The van der Waals surface area contributed by atoms with E-state index in [0.717, 1.165) is 77.0 Å². The minimum atomic E-state index is 1.00. The van der Waals surface area contributed by atoms with Gasteiger partial charge < -0.3 is 18.3 Å². The molecule has 4 aromatic carbocycles. The molecule has 6 aliphatic rings. The molecule has 0 bridgehead atoms. The number of rotatable bonds is 5. The van der Waals surface area contributed by atoms with E-state index in [1.807, 2.05) is 0 Å². The van der Waals surface area contributed by atoms with Crippen LogP contribution in [0.2, 0.25) is 0 Å². The molecule has 0 spiro atoms. The van der Waals surface area contributed by atoms with E-state index in [2.05, 4.69) is 176 Å². The van der Waals surface area contributed by atoms with Gasteiger partial charge in [-0.25, -0.2) is 0 Å². The summed E-state index contributed by atoms with van der Waals surface area (Å²) in [5.74, 6) is 0. The molecule has 310 valence electrons. The zero-order chi connectivity index (χ0) is 41.9. The number of hydrogen-bond donors (Lipinski definition) is 0. The Bertz CT molecular complexity index is 3650. The molecule has 4 aromatic heterocycles. The van der Waals surface area contributed by atoms with Crippen molar-refractivity contribution in [3.63, 3.8) is 0 Å². The van der Waals surface area contributed by atoms with Crippen LogP contribution in [-0.2, 0) is 19.3 Å². The van der Waals surface area contributed by atoms with Crippen LogP contribution in [-0.4, -0.2) is 18.3 Å². The normalized spacial score (nSPS) is 18.2. The molecule has 0 unspecified atom stereocenters. The molecule has 0 atom stereocenters. The Hall–Kier alpha value is -7.04. The van der Waals surface area contributed by atoms with Gasteiger partial charge in [0.25, 0.3) is 0 Å². The Balaban J connectivity index is 0.873. The fourth-order valence-corrected chi connectivity index (χ4v) is 12.5. The molecule has 4 heteroatoms. The first-order valence-corrected chi connectivity index (χ1v) is 23.9. The van der Waals surface area contributed by atoms with E-state index in [9.17, 15) is 0 Å². The predicted molar refractivity (Wildman–Crippen MR) is 271 cm³/mol. The fraction of sp³-hybridized carbons (Fsp3) is 0.200. The molecule has 4 heterocycles. The van der Waals surface area contributed by atoms with Crippen molar-refractivity contribution in [3.05, 3.63) is 185 Å². The molecule has 0 radical (unpaired) electrons. The largest absolute Gasteiger partial charge is 0.317 e. The summed E-state index contributed by atoms with van der Waals surface area (Å²) in [6, 6.07) is 32.0. The zero-order valence-corrected chi connectivity index (χ0v) is 36.3. The molecule has 0 saturated heterocycles. The Labute approximate surface area is 373 Å². The molecular weight excluding hydrogens is 777 g/mol. The molecule has 6 aliphatic carbocycles. The van der Waals surface area contributed by atoms with Gasteiger partial charge in [0.15, 0.2) is 0 Å². The van der Waals surface area contributed by atoms with E-state index in [0.29, 0.717) is 0 Å². The summed E-state index contributed by atoms with van der Waals surface area (Å²) in [6.07, 6.45) is 41.8. The molecule has 0 saturated carbocycles. The van der Waals surface area contributed by atoms with Gasteiger partial charge in [-0.15, -0.1) is 0 Å². The minimum absolute atomic E-state index is 1.00. The summed E-state index contributed by atoms with van der Waals surface area (Å²) < 4.78 is 10.4. The maximum Gasteiger partial charge on any atom is 0.0641 e. The average molecular weight is 827 g/mol. The van der Waals surface area contributed by atoms with Crippen molar-refractivity contribution in [3.8, 4) is 11.3 Å². The van der Waals surface area contributed by atoms with E-state index < -0.39 is 0 Å². The molecule has 0 N–H and O–H groups in total. The van der Waals surface area contributed by atoms with Crippen molar-refractivity contribution in [2.45, 2.75) is 77.0 Å². The lowest BCUT2D eigenvalue weighted by atomic mass is 9.88. The van der Waals surface area contributed by atoms with Crippen LogP contribution in [0.1, 0.15) is 80.3 Å². The topological polar surface area (TPSA) is 19.7 Å². The monoisotopic (exact) mass is 826 g/mol. The third-order valence-corrected chi connectivity index (χ3v) is 15.2. The highest BCUT2D eigenvalue weighted by molar-refractivity contribution is 6.27. The summed E-state index contributed by atoms with van der Waals surface area (Å²) in [5.41, 5.74) is 23.8. The molecule has 0 aliphatic heterocycles. The molecule has 0 fully saturated rings. The molecule has 14 rings (SSSR count). The van der Waals surface area contributed by atoms with Gasteiger partial charge in [0.05, 0.1) is 33.3 Å². The number of allylic oxidation sites excluding steroid dienone is 17. The van der Waals surface area contributed by atoms with E-state index in [1.54, 1.807) is 0 Å². The van der Waals surface area contributed by atoms with Gasteiger partial charge in [-0.2, -0.15) is 0 Å². The number of aromatic nitrogens is 4. The van der Waals surface area contributed by atoms with Gasteiger partial charge in [-0.05, 0) is 142 Å². The molecule has 64 heavy (non-hydrogen) atoms.